The summed E-state index contributed by atoms with van der Waals surface area (Å²) in [6, 6.07) is 6.00. The number of aromatic nitrogens is 7. The second-order valence-electron chi connectivity index (χ2n) is 10.1. The number of nitrogen functional groups attached to an aromatic ring is 1. The maximum Gasteiger partial charge on any atom is 0.247 e. The largest absolute Gasteiger partial charge is 0.384 e. The molecule has 2 aliphatic heterocycles. The molecule has 3 N–H and O–H groups in total. The lowest BCUT2D eigenvalue weighted by molar-refractivity contribution is -0.130. The highest BCUT2D eigenvalue weighted by Crippen LogP contribution is 2.52. The summed E-state index contributed by atoms with van der Waals surface area (Å²) in [6.07, 6.45) is 5.59. The van der Waals surface area contributed by atoms with Crippen LogP contribution in [0.3, 0.4) is 0 Å². The topological polar surface area (TPSA) is 132 Å². The van der Waals surface area contributed by atoms with Crippen molar-refractivity contribution >= 4 is 40.5 Å². The van der Waals surface area contributed by atoms with Crippen LogP contribution in [0.25, 0.3) is 22.5 Å². The van der Waals surface area contributed by atoms with Crippen molar-refractivity contribution in [1.29, 1.82) is 0 Å². The fourth-order valence-corrected chi connectivity index (χ4v) is 5.92. The van der Waals surface area contributed by atoms with E-state index in [-0.39, 0.29) is 39.1 Å². The molecule has 38 heavy (non-hydrogen) atoms. The molecule has 0 radical (unpaired) electrons. The summed E-state index contributed by atoms with van der Waals surface area (Å²) in [6.45, 7) is 4.20. The highest BCUT2D eigenvalue weighted by atomic mass is 35.5. The van der Waals surface area contributed by atoms with Crippen molar-refractivity contribution in [3.63, 3.8) is 0 Å². The number of carbonyl (C=O) groups is 1. The minimum Gasteiger partial charge on any atom is -0.384 e. The van der Waals surface area contributed by atoms with Crippen LogP contribution in [0.2, 0.25) is 10.2 Å². The number of anilines is 1. The molecule has 194 valence electrons. The number of halogens is 3. The summed E-state index contributed by atoms with van der Waals surface area (Å²) in [5.41, 5.74) is 7.91. The highest BCUT2D eigenvalue weighted by molar-refractivity contribution is 6.32. The van der Waals surface area contributed by atoms with Crippen LogP contribution in [-0.2, 0) is 4.79 Å². The van der Waals surface area contributed by atoms with Crippen LogP contribution in [0.5, 0.6) is 0 Å². The van der Waals surface area contributed by atoms with Gasteiger partial charge < -0.3 is 15.6 Å². The lowest BCUT2D eigenvalue weighted by atomic mass is 9.78. The molecule has 2 atom stereocenters. The molecule has 5 heterocycles. The number of nitrogens with two attached hydrogens (primary N) is 1. The summed E-state index contributed by atoms with van der Waals surface area (Å²) >= 11 is 12.4. The maximum atomic E-state index is 15.4. The number of aromatic amines is 1. The molecule has 4 aromatic rings. The van der Waals surface area contributed by atoms with E-state index in [4.69, 9.17) is 28.9 Å². The van der Waals surface area contributed by atoms with Gasteiger partial charge in [-0.25, -0.2) is 14.4 Å². The molecule has 2 aliphatic rings. The van der Waals surface area contributed by atoms with Crippen LogP contribution in [0.15, 0.2) is 42.9 Å². The number of rotatable bonds is 4. The number of carbonyl (C=O) groups excluding carboxylic acids is 1. The van der Waals surface area contributed by atoms with Crippen molar-refractivity contribution < 1.29 is 9.18 Å². The first-order chi connectivity index (χ1) is 18.1. The molecule has 1 aromatic carbocycles. The molecule has 0 saturated carbocycles. The van der Waals surface area contributed by atoms with E-state index in [1.165, 1.54) is 23.2 Å². The molecule has 3 aromatic heterocycles. The molecule has 10 nitrogen and oxygen atoms in total. The normalized spacial score (nSPS) is 20.5. The predicted octanol–water partition coefficient (Wildman–Crippen LogP) is 4.63. The van der Waals surface area contributed by atoms with Crippen LogP contribution < -0.4 is 5.73 Å². The first-order valence-corrected chi connectivity index (χ1v) is 12.6. The van der Waals surface area contributed by atoms with Gasteiger partial charge in [-0.1, -0.05) is 37.0 Å². The number of nitrogens with zero attached hydrogens (tertiary/aromatic N) is 7. The number of hydrogen-bond acceptors (Lipinski definition) is 7. The van der Waals surface area contributed by atoms with Gasteiger partial charge in [0.05, 0.1) is 28.6 Å². The van der Waals surface area contributed by atoms with E-state index in [0.717, 1.165) is 0 Å². The van der Waals surface area contributed by atoms with Crippen molar-refractivity contribution in [3.05, 3.63) is 70.2 Å². The number of fused-ring (bicyclic) bond motifs is 1. The number of H-pyrrole nitrogens is 1. The van der Waals surface area contributed by atoms with E-state index in [1.54, 1.807) is 24.4 Å². The number of amides is 1. The number of nitrogens with one attached hydrogen (secondary N) is 1. The number of tetrazole rings is 1. The fraction of sp³-hybridized carbons (Fsp3) is 0.280. The fourth-order valence-electron chi connectivity index (χ4n) is 5.50. The van der Waals surface area contributed by atoms with Crippen LogP contribution in [0.1, 0.15) is 44.1 Å². The van der Waals surface area contributed by atoms with Gasteiger partial charge in [0.2, 0.25) is 5.91 Å². The van der Waals surface area contributed by atoms with Crippen molar-refractivity contribution in [2.45, 2.75) is 38.8 Å². The molecule has 0 spiro atoms. The smallest absolute Gasteiger partial charge is 0.247 e. The van der Waals surface area contributed by atoms with Crippen molar-refractivity contribution in [2.24, 2.45) is 5.41 Å². The molecule has 1 unspecified atom stereocenters. The average Bonchev–Trinajstić information content (AvgIpc) is 3.61. The molecule has 6 rings (SSSR count). The Hall–Kier alpha value is -3.83. The molecular weight excluding hydrogens is 532 g/mol. The van der Waals surface area contributed by atoms with Crippen molar-refractivity contribution in [2.75, 3.05) is 5.73 Å². The predicted molar refractivity (Wildman–Crippen MR) is 140 cm³/mol. The Kier molecular flexibility index (Phi) is 5.73. The van der Waals surface area contributed by atoms with Gasteiger partial charge in [-0.2, -0.15) is 4.68 Å². The maximum absolute atomic E-state index is 15.4. The van der Waals surface area contributed by atoms with E-state index >= 15 is 4.39 Å². The molecule has 1 amide bonds. The third-order valence-corrected chi connectivity index (χ3v) is 7.90. The Bertz CT molecular complexity index is 1600. The zero-order valence-electron chi connectivity index (χ0n) is 20.4. The van der Waals surface area contributed by atoms with E-state index in [9.17, 15) is 4.79 Å². The molecule has 0 bridgehead atoms. The van der Waals surface area contributed by atoms with Crippen LogP contribution in [0.4, 0.5) is 10.2 Å². The lowest BCUT2D eigenvalue weighted by Gasteiger charge is -2.37. The standard InChI is InChI=1S/C25H22Cl2FN9O/c1-25(2)9-17(24-30-10-15(32-24)13-3-6-19(29)33-23(13)27)37-18(25)7-12(8-20(37)38)21-16(36-11-31-34-35-36)5-4-14(26)22(21)28/h3-6,8,10-11,17-18H,7,9H2,1-2H3,(H2,29,33)(H,30,32)/t17-,18?/m0/s1. The number of pyridine rings is 1. The number of imidazole rings is 1. The second-order valence-corrected chi connectivity index (χ2v) is 10.9. The summed E-state index contributed by atoms with van der Waals surface area (Å²) in [5.74, 6) is 0.0971. The van der Waals surface area contributed by atoms with Crippen LogP contribution in [0, 0.1) is 11.2 Å². The summed E-state index contributed by atoms with van der Waals surface area (Å²) in [4.78, 5) is 27.5. The van der Waals surface area contributed by atoms with E-state index in [2.05, 4.69) is 44.3 Å². The van der Waals surface area contributed by atoms with Gasteiger partial charge in [-0.15, -0.1) is 5.10 Å². The lowest BCUT2D eigenvalue weighted by Crippen LogP contribution is -2.43. The van der Waals surface area contributed by atoms with Crippen molar-refractivity contribution in [1.82, 2.24) is 40.1 Å². The average molecular weight is 554 g/mol. The third kappa shape index (κ3) is 3.93. The number of hydrogen-bond donors (Lipinski definition) is 2. The highest BCUT2D eigenvalue weighted by Gasteiger charge is 2.51. The van der Waals surface area contributed by atoms with Gasteiger partial charge >= 0.3 is 0 Å². The zero-order chi connectivity index (χ0) is 26.8. The monoisotopic (exact) mass is 553 g/mol. The number of benzene rings is 1. The SMILES string of the molecule is CC1(C)C[C@@H](c2ncc(-c3ccc(N)nc3Cl)[nH]2)N2C(=O)C=C(c3c(-n4cnnn4)ccc(Cl)c3F)CC21. The Balaban J connectivity index is 1.39. The summed E-state index contributed by atoms with van der Waals surface area (Å²) < 4.78 is 16.8. The molecule has 13 heteroatoms. The van der Waals surface area contributed by atoms with E-state index in [0.29, 0.717) is 47.0 Å². The molecule has 0 aliphatic carbocycles. The summed E-state index contributed by atoms with van der Waals surface area (Å²) in [5, 5.41) is 11.4. The van der Waals surface area contributed by atoms with Crippen LogP contribution in [-0.4, -0.2) is 52.0 Å². The minimum absolute atomic E-state index is 0.0462. The van der Waals surface area contributed by atoms with Crippen LogP contribution >= 0.6 is 23.2 Å². The van der Waals surface area contributed by atoms with Gasteiger partial charge in [0.1, 0.15) is 23.1 Å². The molecule has 1 fully saturated rings. The Labute approximate surface area is 226 Å². The van der Waals surface area contributed by atoms with E-state index in [1.807, 2.05) is 4.90 Å². The van der Waals surface area contributed by atoms with Crippen molar-refractivity contribution in [3.8, 4) is 16.9 Å². The van der Waals surface area contributed by atoms with E-state index < -0.39 is 5.82 Å². The molecular formula is C25H22Cl2FN9O. The first-order valence-electron chi connectivity index (χ1n) is 11.9. The van der Waals surface area contributed by atoms with Gasteiger partial charge in [-0.3, -0.25) is 4.79 Å². The third-order valence-electron chi connectivity index (χ3n) is 7.32. The summed E-state index contributed by atoms with van der Waals surface area (Å²) in [7, 11) is 0. The molecule has 1 saturated heterocycles. The Morgan fingerprint density at radius 3 is 2.76 bits per heavy atom. The quantitative estimate of drug-likeness (QED) is 0.352. The zero-order valence-corrected chi connectivity index (χ0v) is 21.9. The first kappa shape index (κ1) is 24.5. The van der Waals surface area contributed by atoms with Gasteiger partial charge in [-0.05, 0) is 58.5 Å². The van der Waals surface area contributed by atoms with Gasteiger partial charge in [0, 0.05) is 23.2 Å². The second kappa shape index (κ2) is 8.88. The minimum atomic E-state index is -0.621. The Morgan fingerprint density at radius 2 is 2.03 bits per heavy atom. The Morgan fingerprint density at radius 1 is 1.21 bits per heavy atom. The van der Waals surface area contributed by atoms with Gasteiger partial charge in [0.15, 0.2) is 5.82 Å². The van der Waals surface area contributed by atoms with Gasteiger partial charge in [0.25, 0.3) is 0 Å².